The first-order valence-electron chi connectivity index (χ1n) is 5.29. The summed E-state index contributed by atoms with van der Waals surface area (Å²) in [7, 11) is 1.70. The Hall–Kier alpha value is -2.14. The molecule has 0 aliphatic carbocycles. The Kier molecular flexibility index (Phi) is 3.20. The van der Waals surface area contributed by atoms with Crippen LogP contribution in [0.15, 0.2) is 36.7 Å². The van der Waals surface area contributed by atoms with E-state index in [0.29, 0.717) is 12.2 Å². The summed E-state index contributed by atoms with van der Waals surface area (Å²) in [5.74, 6) is 0.567. The van der Waals surface area contributed by atoms with Crippen molar-refractivity contribution in [3.63, 3.8) is 0 Å². The largest absolute Gasteiger partial charge is 0.348 e. The van der Waals surface area contributed by atoms with Crippen LogP contribution in [0.1, 0.15) is 16.1 Å². The maximum atomic E-state index is 12.1. The van der Waals surface area contributed by atoms with E-state index in [0.717, 1.165) is 11.4 Å². The first-order valence-corrected chi connectivity index (χ1v) is 5.29. The van der Waals surface area contributed by atoms with Gasteiger partial charge in [-0.15, -0.1) is 0 Å². The molecule has 2 aromatic heterocycles. The number of amides is 1. The Bertz CT molecular complexity index is 507. The molecule has 0 aromatic carbocycles. The summed E-state index contributed by atoms with van der Waals surface area (Å²) in [5, 5.41) is 0. The van der Waals surface area contributed by atoms with Crippen molar-refractivity contribution >= 4 is 11.7 Å². The van der Waals surface area contributed by atoms with Gasteiger partial charge in [0.05, 0.1) is 0 Å². The molecular weight excluding hydrogens is 216 g/mol. The number of carbonyl (C=O) groups is 1. The molecule has 0 atom stereocenters. The van der Waals surface area contributed by atoms with Gasteiger partial charge in [0, 0.05) is 26.0 Å². The number of H-pyrrole nitrogens is 1. The number of aromatic amines is 1. The highest BCUT2D eigenvalue weighted by Gasteiger charge is 2.15. The Balaban J connectivity index is 2.24. The van der Waals surface area contributed by atoms with Crippen molar-refractivity contribution < 1.29 is 4.79 Å². The van der Waals surface area contributed by atoms with E-state index in [1.54, 1.807) is 31.6 Å². The van der Waals surface area contributed by atoms with Gasteiger partial charge in [-0.05, 0) is 29.8 Å². The monoisotopic (exact) mass is 230 g/mol. The van der Waals surface area contributed by atoms with Gasteiger partial charge in [0.2, 0.25) is 0 Å². The predicted molar refractivity (Wildman–Crippen MR) is 65.7 cm³/mol. The number of hydrogen-bond donors (Lipinski definition) is 2. The van der Waals surface area contributed by atoms with Gasteiger partial charge in [0.1, 0.15) is 11.5 Å². The van der Waals surface area contributed by atoms with Crippen LogP contribution < -0.4 is 10.6 Å². The molecular formula is C12H14N4O. The second-order valence-corrected chi connectivity index (χ2v) is 3.67. The number of aromatic nitrogens is 2. The Morgan fingerprint density at radius 3 is 3.00 bits per heavy atom. The smallest absolute Gasteiger partial charge is 0.277 e. The summed E-state index contributed by atoms with van der Waals surface area (Å²) in [5.41, 5.74) is 6.82. The first-order chi connectivity index (χ1) is 8.22. The lowest BCUT2D eigenvalue weighted by atomic mass is 10.2. The van der Waals surface area contributed by atoms with Crippen LogP contribution in [0.3, 0.4) is 0 Å². The molecule has 0 saturated heterocycles. The lowest BCUT2D eigenvalue weighted by molar-refractivity contribution is 0.0987. The van der Waals surface area contributed by atoms with Crippen molar-refractivity contribution in [2.75, 3.05) is 11.9 Å². The van der Waals surface area contributed by atoms with Crippen LogP contribution in [0.4, 0.5) is 5.82 Å². The number of nitrogens with two attached hydrogens (primary N) is 1. The molecule has 1 amide bonds. The number of nitrogens with zero attached hydrogens (tertiary/aromatic N) is 2. The highest BCUT2D eigenvalue weighted by atomic mass is 16.2. The fraction of sp³-hybridized carbons (Fsp3) is 0.167. The molecule has 0 aliphatic heterocycles. The number of carbonyl (C=O) groups excluding carboxylic acids is 1. The molecule has 3 N–H and O–H groups in total. The molecule has 0 aliphatic rings. The third-order valence-corrected chi connectivity index (χ3v) is 2.53. The zero-order valence-corrected chi connectivity index (χ0v) is 9.55. The number of pyridine rings is 1. The van der Waals surface area contributed by atoms with Crippen molar-refractivity contribution in [3.05, 3.63) is 47.9 Å². The number of anilines is 1. The number of hydrogen-bond acceptors (Lipinski definition) is 3. The van der Waals surface area contributed by atoms with Gasteiger partial charge in [0.25, 0.3) is 5.91 Å². The lowest BCUT2D eigenvalue weighted by Gasteiger charge is -2.14. The zero-order chi connectivity index (χ0) is 12.3. The average Bonchev–Trinajstić information content (AvgIpc) is 2.91. The molecule has 0 spiro atoms. The first kappa shape index (κ1) is 11.3. The summed E-state index contributed by atoms with van der Waals surface area (Å²) < 4.78 is 0. The van der Waals surface area contributed by atoms with E-state index in [9.17, 15) is 4.79 Å². The van der Waals surface area contributed by atoms with E-state index in [2.05, 4.69) is 9.97 Å². The molecule has 5 nitrogen and oxygen atoms in total. The topological polar surface area (TPSA) is 75.0 Å². The van der Waals surface area contributed by atoms with E-state index < -0.39 is 0 Å². The Morgan fingerprint density at radius 2 is 2.35 bits per heavy atom. The van der Waals surface area contributed by atoms with Crippen molar-refractivity contribution in [2.45, 2.75) is 6.54 Å². The molecule has 0 fully saturated rings. The van der Waals surface area contributed by atoms with E-state index in [1.807, 2.05) is 12.1 Å². The average molecular weight is 230 g/mol. The minimum Gasteiger partial charge on any atom is -0.348 e. The quantitative estimate of drug-likeness (QED) is 0.830. The number of rotatable bonds is 3. The van der Waals surface area contributed by atoms with Gasteiger partial charge >= 0.3 is 0 Å². The molecule has 0 unspecified atom stereocenters. The molecule has 17 heavy (non-hydrogen) atoms. The molecule has 2 rings (SSSR count). The van der Waals surface area contributed by atoms with Gasteiger partial charge in [0.15, 0.2) is 0 Å². The molecule has 0 bridgehead atoms. The van der Waals surface area contributed by atoms with Gasteiger partial charge in [-0.3, -0.25) is 14.7 Å². The number of nitrogens with one attached hydrogen (secondary N) is 1. The van der Waals surface area contributed by atoms with Crippen molar-refractivity contribution in [3.8, 4) is 0 Å². The minimum atomic E-state index is -0.164. The van der Waals surface area contributed by atoms with Crippen LogP contribution in [-0.2, 0) is 6.54 Å². The highest BCUT2D eigenvalue weighted by Crippen LogP contribution is 2.12. The van der Waals surface area contributed by atoms with Gasteiger partial charge < -0.3 is 10.7 Å². The molecule has 88 valence electrons. The van der Waals surface area contributed by atoms with Crippen LogP contribution in [0.5, 0.6) is 0 Å². The maximum Gasteiger partial charge on any atom is 0.277 e. The molecule has 5 heteroatoms. The lowest BCUT2D eigenvalue weighted by Crippen LogP contribution is -2.27. The molecule has 0 radical (unpaired) electrons. The van der Waals surface area contributed by atoms with Gasteiger partial charge in [-0.25, -0.2) is 0 Å². The third kappa shape index (κ3) is 2.34. The summed E-state index contributed by atoms with van der Waals surface area (Å²) >= 11 is 0. The fourth-order valence-electron chi connectivity index (χ4n) is 1.53. The Labute approximate surface area is 99.3 Å². The second-order valence-electron chi connectivity index (χ2n) is 3.67. The van der Waals surface area contributed by atoms with Crippen LogP contribution >= 0.6 is 0 Å². The molecule has 2 aromatic rings. The molecule has 0 saturated carbocycles. The minimum absolute atomic E-state index is 0.164. The summed E-state index contributed by atoms with van der Waals surface area (Å²) in [6.07, 6.45) is 3.36. The van der Waals surface area contributed by atoms with Crippen LogP contribution in [0.2, 0.25) is 0 Å². The van der Waals surface area contributed by atoms with Gasteiger partial charge in [-0.1, -0.05) is 0 Å². The van der Waals surface area contributed by atoms with E-state index >= 15 is 0 Å². The van der Waals surface area contributed by atoms with Crippen LogP contribution in [-0.4, -0.2) is 22.9 Å². The summed E-state index contributed by atoms with van der Waals surface area (Å²) in [6.45, 7) is 0.398. The standard InChI is InChI=1S/C12H14N4O/c1-16(11-3-2-5-15-11)12(17)10-7-9(8-13)4-6-14-10/h2-7,15H,8,13H2,1H3. The fourth-order valence-corrected chi connectivity index (χ4v) is 1.53. The summed E-state index contributed by atoms with van der Waals surface area (Å²) in [4.78, 5) is 20.7. The van der Waals surface area contributed by atoms with E-state index in [1.165, 1.54) is 4.90 Å². The van der Waals surface area contributed by atoms with Crippen molar-refractivity contribution in [1.29, 1.82) is 0 Å². The zero-order valence-electron chi connectivity index (χ0n) is 9.55. The van der Waals surface area contributed by atoms with Crippen LogP contribution in [0, 0.1) is 0 Å². The van der Waals surface area contributed by atoms with E-state index in [-0.39, 0.29) is 5.91 Å². The normalized spacial score (nSPS) is 10.2. The molecule has 2 heterocycles. The summed E-state index contributed by atoms with van der Waals surface area (Å²) in [6, 6.07) is 7.17. The third-order valence-electron chi connectivity index (χ3n) is 2.53. The Morgan fingerprint density at radius 1 is 1.53 bits per heavy atom. The van der Waals surface area contributed by atoms with Crippen LogP contribution in [0.25, 0.3) is 0 Å². The second kappa shape index (κ2) is 4.80. The predicted octanol–water partition coefficient (Wildman–Crippen LogP) is 1.15. The SMILES string of the molecule is CN(C(=O)c1cc(CN)ccn1)c1ccc[nH]1. The van der Waals surface area contributed by atoms with Gasteiger partial charge in [-0.2, -0.15) is 0 Å². The maximum absolute atomic E-state index is 12.1. The van der Waals surface area contributed by atoms with Crippen molar-refractivity contribution in [2.24, 2.45) is 5.73 Å². The highest BCUT2D eigenvalue weighted by molar-refractivity contribution is 6.03. The van der Waals surface area contributed by atoms with Crippen molar-refractivity contribution in [1.82, 2.24) is 9.97 Å². The van der Waals surface area contributed by atoms with E-state index in [4.69, 9.17) is 5.73 Å².